The Morgan fingerprint density at radius 1 is 1.15 bits per heavy atom. The van der Waals surface area contributed by atoms with E-state index in [4.69, 9.17) is 0 Å². The van der Waals surface area contributed by atoms with E-state index in [1.807, 2.05) is 17.5 Å². The number of rotatable bonds is 5. The summed E-state index contributed by atoms with van der Waals surface area (Å²) in [6.07, 6.45) is 2.00. The van der Waals surface area contributed by atoms with Crippen LogP contribution in [0.1, 0.15) is 24.3 Å². The van der Waals surface area contributed by atoms with Crippen molar-refractivity contribution in [2.75, 3.05) is 6.54 Å². The summed E-state index contributed by atoms with van der Waals surface area (Å²) in [5.74, 6) is 0. The van der Waals surface area contributed by atoms with Crippen LogP contribution in [0.4, 0.5) is 0 Å². The summed E-state index contributed by atoms with van der Waals surface area (Å²) in [5.41, 5.74) is 2.74. The highest BCUT2D eigenvalue weighted by atomic mass is 32.1. The highest BCUT2D eigenvalue weighted by Crippen LogP contribution is 2.27. The molecule has 20 heavy (non-hydrogen) atoms. The lowest BCUT2D eigenvalue weighted by atomic mass is 9.91. The molecule has 0 fully saturated rings. The van der Waals surface area contributed by atoms with Crippen LogP contribution in [0.5, 0.6) is 0 Å². The van der Waals surface area contributed by atoms with E-state index in [0.717, 1.165) is 13.1 Å². The topological polar surface area (TPSA) is 27.8 Å². The highest BCUT2D eigenvalue weighted by Gasteiger charge is 2.21. The number of H-pyrrole nitrogens is 1. The first-order valence-corrected chi connectivity index (χ1v) is 7.84. The van der Waals surface area contributed by atoms with Crippen LogP contribution in [0.15, 0.2) is 48.0 Å². The van der Waals surface area contributed by atoms with Crippen LogP contribution in [0.25, 0.3) is 10.9 Å². The molecule has 0 aliphatic carbocycles. The fraction of sp³-hybridized carbons (Fsp3) is 0.294. The number of aromatic amines is 1. The minimum atomic E-state index is 0.181. The second kappa shape index (κ2) is 5.43. The van der Waals surface area contributed by atoms with Gasteiger partial charge in [0.05, 0.1) is 0 Å². The van der Waals surface area contributed by atoms with Crippen molar-refractivity contribution in [3.05, 3.63) is 58.4 Å². The summed E-state index contributed by atoms with van der Waals surface area (Å²) >= 11 is 1.84. The van der Waals surface area contributed by atoms with Crippen molar-refractivity contribution in [3.63, 3.8) is 0 Å². The lowest BCUT2D eigenvalue weighted by Gasteiger charge is -2.24. The van der Waals surface area contributed by atoms with E-state index in [1.165, 1.54) is 21.3 Å². The van der Waals surface area contributed by atoms with Crippen molar-refractivity contribution in [2.24, 2.45) is 0 Å². The number of hydrogen-bond donors (Lipinski definition) is 2. The Morgan fingerprint density at radius 2 is 2.05 bits per heavy atom. The monoisotopic (exact) mass is 284 g/mol. The Balaban J connectivity index is 1.67. The van der Waals surface area contributed by atoms with Crippen LogP contribution in [-0.2, 0) is 12.0 Å². The van der Waals surface area contributed by atoms with Gasteiger partial charge in [0.25, 0.3) is 0 Å². The lowest BCUT2D eigenvalue weighted by Crippen LogP contribution is -2.31. The molecule has 3 rings (SSSR count). The largest absolute Gasteiger partial charge is 0.361 e. The first kappa shape index (κ1) is 13.4. The molecule has 0 saturated heterocycles. The lowest BCUT2D eigenvalue weighted by molar-refractivity contribution is 0.477. The zero-order valence-electron chi connectivity index (χ0n) is 11.9. The van der Waals surface area contributed by atoms with Gasteiger partial charge in [0.1, 0.15) is 0 Å². The molecule has 0 aliphatic rings. The van der Waals surface area contributed by atoms with Crippen molar-refractivity contribution in [1.29, 1.82) is 0 Å². The van der Waals surface area contributed by atoms with E-state index in [0.29, 0.717) is 0 Å². The van der Waals surface area contributed by atoms with Gasteiger partial charge in [-0.25, -0.2) is 0 Å². The molecular weight excluding hydrogens is 264 g/mol. The molecule has 0 spiro atoms. The smallest absolute Gasteiger partial charge is 0.0457 e. The average molecular weight is 284 g/mol. The van der Waals surface area contributed by atoms with Gasteiger partial charge in [-0.15, -0.1) is 11.3 Å². The fourth-order valence-corrected chi connectivity index (χ4v) is 3.42. The first-order chi connectivity index (χ1) is 9.67. The Bertz CT molecular complexity index is 680. The van der Waals surface area contributed by atoms with Gasteiger partial charge in [0.15, 0.2) is 0 Å². The van der Waals surface area contributed by atoms with Gasteiger partial charge in [-0.3, -0.25) is 0 Å². The number of fused-ring (bicyclic) bond motifs is 1. The molecule has 2 heterocycles. The molecule has 0 unspecified atom stereocenters. The quantitative estimate of drug-likeness (QED) is 0.718. The van der Waals surface area contributed by atoms with Crippen LogP contribution >= 0.6 is 11.3 Å². The third-order valence-electron chi connectivity index (χ3n) is 3.76. The normalized spacial score (nSPS) is 12.1. The Labute approximate surface area is 123 Å². The summed E-state index contributed by atoms with van der Waals surface area (Å²) in [6.45, 7) is 6.48. The molecule has 2 nitrogen and oxygen atoms in total. The third-order valence-corrected chi connectivity index (χ3v) is 4.99. The standard InChI is InChI=1S/C17H20N2S/c1-17(2,16-7-4-10-20-16)12-18-11-13-5-3-6-15-14(13)8-9-19-15/h3-10,18-19H,11-12H2,1-2H3. The van der Waals surface area contributed by atoms with Crippen molar-refractivity contribution in [3.8, 4) is 0 Å². The Morgan fingerprint density at radius 3 is 2.85 bits per heavy atom. The second-order valence-electron chi connectivity index (χ2n) is 5.82. The molecule has 1 aromatic carbocycles. The van der Waals surface area contributed by atoms with Gasteiger partial charge in [-0.1, -0.05) is 32.0 Å². The SMILES string of the molecule is CC(C)(CNCc1cccc2[nH]ccc12)c1cccs1. The minimum absolute atomic E-state index is 0.181. The molecular formula is C17H20N2S. The molecule has 0 atom stereocenters. The molecule has 104 valence electrons. The highest BCUT2D eigenvalue weighted by molar-refractivity contribution is 7.10. The van der Waals surface area contributed by atoms with E-state index in [-0.39, 0.29) is 5.41 Å². The molecule has 2 N–H and O–H groups in total. The molecule has 3 aromatic rings. The van der Waals surface area contributed by atoms with Gasteiger partial charge >= 0.3 is 0 Å². The minimum Gasteiger partial charge on any atom is -0.361 e. The van der Waals surface area contributed by atoms with E-state index >= 15 is 0 Å². The van der Waals surface area contributed by atoms with Crippen LogP contribution in [0, 0.1) is 0 Å². The van der Waals surface area contributed by atoms with Crippen molar-refractivity contribution < 1.29 is 0 Å². The molecule has 3 heteroatoms. The van der Waals surface area contributed by atoms with E-state index < -0.39 is 0 Å². The summed E-state index contributed by atoms with van der Waals surface area (Å²) in [4.78, 5) is 4.70. The van der Waals surface area contributed by atoms with E-state index in [2.05, 4.69) is 65.9 Å². The predicted molar refractivity (Wildman–Crippen MR) is 87.4 cm³/mol. The van der Waals surface area contributed by atoms with Gasteiger partial charge in [0, 0.05) is 40.5 Å². The van der Waals surface area contributed by atoms with Gasteiger partial charge in [-0.05, 0) is 29.1 Å². The summed E-state index contributed by atoms with van der Waals surface area (Å²) < 4.78 is 0. The molecule has 0 amide bonds. The van der Waals surface area contributed by atoms with Crippen molar-refractivity contribution in [2.45, 2.75) is 25.8 Å². The number of benzene rings is 1. The molecule has 0 radical (unpaired) electrons. The van der Waals surface area contributed by atoms with Crippen molar-refractivity contribution in [1.82, 2.24) is 10.3 Å². The van der Waals surface area contributed by atoms with Crippen LogP contribution in [0.3, 0.4) is 0 Å². The third kappa shape index (κ3) is 2.65. The van der Waals surface area contributed by atoms with Crippen LogP contribution in [0.2, 0.25) is 0 Å². The summed E-state index contributed by atoms with van der Waals surface area (Å²) in [5, 5.41) is 7.07. The maximum absolute atomic E-state index is 3.60. The maximum atomic E-state index is 3.60. The van der Waals surface area contributed by atoms with Gasteiger partial charge in [0.2, 0.25) is 0 Å². The molecule has 2 aromatic heterocycles. The zero-order chi connectivity index (χ0) is 14.0. The fourth-order valence-electron chi connectivity index (χ4n) is 2.57. The molecule has 0 aliphatic heterocycles. The Hall–Kier alpha value is -1.58. The summed E-state index contributed by atoms with van der Waals surface area (Å²) in [6, 6.07) is 12.9. The van der Waals surface area contributed by atoms with Crippen LogP contribution in [-0.4, -0.2) is 11.5 Å². The molecule has 0 bridgehead atoms. The summed E-state index contributed by atoms with van der Waals surface area (Å²) in [7, 11) is 0. The van der Waals surface area contributed by atoms with E-state index in [9.17, 15) is 0 Å². The first-order valence-electron chi connectivity index (χ1n) is 6.96. The van der Waals surface area contributed by atoms with E-state index in [1.54, 1.807) is 0 Å². The number of aromatic nitrogens is 1. The van der Waals surface area contributed by atoms with Gasteiger partial charge in [-0.2, -0.15) is 0 Å². The zero-order valence-corrected chi connectivity index (χ0v) is 12.8. The Kier molecular flexibility index (Phi) is 3.64. The molecule has 0 saturated carbocycles. The van der Waals surface area contributed by atoms with Crippen LogP contribution < -0.4 is 5.32 Å². The second-order valence-corrected chi connectivity index (χ2v) is 6.77. The number of thiophene rings is 1. The predicted octanol–water partition coefficient (Wildman–Crippen LogP) is 4.30. The van der Waals surface area contributed by atoms with Crippen molar-refractivity contribution >= 4 is 22.2 Å². The average Bonchev–Trinajstić information content (AvgIpc) is 3.10. The number of hydrogen-bond acceptors (Lipinski definition) is 2. The maximum Gasteiger partial charge on any atom is 0.0457 e. The number of nitrogens with one attached hydrogen (secondary N) is 2. The van der Waals surface area contributed by atoms with Gasteiger partial charge < -0.3 is 10.3 Å².